The number of aliphatic hydroxyl groups excluding tert-OH is 1. The van der Waals surface area contributed by atoms with E-state index in [0.29, 0.717) is 13.1 Å². The van der Waals surface area contributed by atoms with Crippen LogP contribution in [0.2, 0.25) is 0 Å². The molecular formula is C33H30N2O3. The summed E-state index contributed by atoms with van der Waals surface area (Å²) in [6.45, 7) is 1.08. The summed E-state index contributed by atoms with van der Waals surface area (Å²) in [4.78, 5) is 18.5. The average molecular weight is 503 g/mol. The van der Waals surface area contributed by atoms with E-state index in [2.05, 4.69) is 35.2 Å². The Hall–Kier alpha value is -3.93. The third-order valence-corrected chi connectivity index (χ3v) is 8.85. The zero-order chi connectivity index (χ0) is 25.9. The predicted molar refractivity (Wildman–Crippen MR) is 146 cm³/mol. The zero-order valence-electron chi connectivity index (χ0n) is 21.0. The fourth-order valence-corrected chi connectivity index (χ4v) is 7.22. The van der Waals surface area contributed by atoms with Gasteiger partial charge in [-0.15, -0.1) is 0 Å². The highest BCUT2D eigenvalue weighted by Crippen LogP contribution is 2.59. The molecule has 4 atom stereocenters. The summed E-state index contributed by atoms with van der Waals surface area (Å²) in [6, 6.07) is 30.0. The normalized spacial score (nSPS) is 31.9. The van der Waals surface area contributed by atoms with Gasteiger partial charge in [0.2, 0.25) is 5.91 Å². The molecule has 2 N–H and O–H groups in total. The number of aliphatic hydroxyl groups is 2. The summed E-state index contributed by atoms with van der Waals surface area (Å²) in [5.74, 6) is 0.0903. The van der Waals surface area contributed by atoms with Crippen molar-refractivity contribution in [2.24, 2.45) is 0 Å². The molecule has 0 aromatic heterocycles. The van der Waals surface area contributed by atoms with Crippen LogP contribution in [0.4, 0.5) is 0 Å². The van der Waals surface area contributed by atoms with Crippen molar-refractivity contribution in [2.45, 2.75) is 35.6 Å². The van der Waals surface area contributed by atoms with Crippen LogP contribution in [0.25, 0.3) is 0 Å². The molecule has 0 spiro atoms. The molecule has 2 unspecified atom stereocenters. The van der Waals surface area contributed by atoms with E-state index >= 15 is 0 Å². The van der Waals surface area contributed by atoms with Gasteiger partial charge in [0.25, 0.3) is 0 Å². The second-order valence-electron chi connectivity index (χ2n) is 10.9. The molecule has 1 amide bonds. The topological polar surface area (TPSA) is 64.0 Å². The fourth-order valence-electron chi connectivity index (χ4n) is 7.22. The first-order valence-electron chi connectivity index (χ1n) is 13.3. The predicted octanol–water partition coefficient (Wildman–Crippen LogP) is 4.68. The lowest BCUT2D eigenvalue weighted by atomic mass is 9.74. The van der Waals surface area contributed by atoms with Crippen molar-refractivity contribution in [1.29, 1.82) is 0 Å². The average Bonchev–Trinajstić information content (AvgIpc) is 3.42. The van der Waals surface area contributed by atoms with Crippen LogP contribution in [0.1, 0.15) is 29.0 Å². The molecule has 2 fully saturated rings. The lowest BCUT2D eigenvalue weighted by Crippen LogP contribution is -2.63. The van der Waals surface area contributed by atoms with Crippen LogP contribution in [0.3, 0.4) is 0 Å². The number of carbonyl (C=O) groups is 1. The van der Waals surface area contributed by atoms with E-state index in [1.54, 1.807) is 12.2 Å². The maximum absolute atomic E-state index is 14.2. The van der Waals surface area contributed by atoms with Crippen molar-refractivity contribution in [2.75, 3.05) is 13.1 Å². The smallest absolute Gasteiger partial charge is 0.240 e. The molecule has 2 bridgehead atoms. The largest absolute Gasteiger partial charge is 0.508 e. The van der Waals surface area contributed by atoms with Gasteiger partial charge in [-0.05, 0) is 34.4 Å². The van der Waals surface area contributed by atoms with Crippen LogP contribution in [0, 0.1) is 0 Å². The third kappa shape index (κ3) is 3.29. The molecule has 5 heteroatoms. The highest BCUT2D eigenvalue weighted by Gasteiger charge is 2.69. The van der Waals surface area contributed by atoms with Crippen LogP contribution >= 0.6 is 0 Å². The first-order chi connectivity index (χ1) is 18.5. The first-order valence-corrected chi connectivity index (χ1v) is 13.3. The molecule has 7 rings (SSSR count). The molecule has 2 saturated heterocycles. The maximum Gasteiger partial charge on any atom is 0.240 e. The van der Waals surface area contributed by atoms with Gasteiger partial charge in [0.05, 0.1) is 17.6 Å². The Kier molecular flexibility index (Phi) is 5.22. The second kappa shape index (κ2) is 8.55. The van der Waals surface area contributed by atoms with Gasteiger partial charge in [0.1, 0.15) is 11.4 Å². The monoisotopic (exact) mass is 502 g/mol. The number of piperazine rings is 1. The molecule has 3 heterocycles. The van der Waals surface area contributed by atoms with Gasteiger partial charge in [-0.1, -0.05) is 103 Å². The molecule has 3 aromatic rings. The van der Waals surface area contributed by atoms with Crippen LogP contribution < -0.4 is 0 Å². The molecular weight excluding hydrogens is 472 g/mol. The molecule has 3 aromatic carbocycles. The van der Waals surface area contributed by atoms with E-state index in [9.17, 15) is 15.0 Å². The molecule has 3 aliphatic heterocycles. The molecule has 0 radical (unpaired) electrons. The Morgan fingerprint density at radius 3 is 2.05 bits per heavy atom. The number of benzene rings is 3. The van der Waals surface area contributed by atoms with E-state index in [1.807, 2.05) is 77.7 Å². The summed E-state index contributed by atoms with van der Waals surface area (Å²) in [5.41, 5.74) is 1.94. The van der Waals surface area contributed by atoms with E-state index in [4.69, 9.17) is 0 Å². The Bertz CT molecular complexity index is 1430. The molecule has 190 valence electrons. The van der Waals surface area contributed by atoms with Crippen molar-refractivity contribution >= 4 is 5.91 Å². The Morgan fingerprint density at radius 1 is 0.816 bits per heavy atom. The fraction of sp³-hybridized carbons (Fsp3) is 0.242. The molecule has 0 saturated carbocycles. The first kappa shape index (κ1) is 23.2. The van der Waals surface area contributed by atoms with Crippen molar-refractivity contribution < 1.29 is 15.0 Å². The summed E-state index contributed by atoms with van der Waals surface area (Å²) in [5, 5.41) is 22.9. The highest BCUT2D eigenvalue weighted by atomic mass is 16.3. The summed E-state index contributed by atoms with van der Waals surface area (Å²) < 4.78 is 0. The summed E-state index contributed by atoms with van der Waals surface area (Å²) in [6.07, 6.45) is 7.49. The number of amides is 1. The Morgan fingerprint density at radius 2 is 1.42 bits per heavy atom. The number of rotatable bonds is 5. The molecule has 5 nitrogen and oxygen atoms in total. The molecule has 1 aliphatic carbocycles. The standard InChI is InChI=1S/C33H30N2O3/c36-27-17-16-25-18-33(26-14-8-3-9-15-26)32(38,19-27)20-29-31(37)34(22-30(25)35(29)33)21-28(23-10-4-1-5-11-23)24-12-6-2-7-13-24/h1-19,28-30,36,38H,20-22H2/b17-16-,27-19+/t29-,30-,32?,33?/m0/s1. The van der Waals surface area contributed by atoms with Crippen LogP contribution in [-0.4, -0.2) is 56.7 Å². The molecule has 38 heavy (non-hydrogen) atoms. The minimum Gasteiger partial charge on any atom is -0.508 e. The van der Waals surface area contributed by atoms with Gasteiger partial charge >= 0.3 is 0 Å². The molecule has 4 aliphatic rings. The minimum atomic E-state index is -1.43. The minimum absolute atomic E-state index is 0.0257. The van der Waals surface area contributed by atoms with Gasteiger partial charge in [-0.2, -0.15) is 0 Å². The summed E-state index contributed by atoms with van der Waals surface area (Å²) in [7, 11) is 0. The lowest BCUT2D eigenvalue weighted by molar-refractivity contribution is -0.144. The van der Waals surface area contributed by atoms with Gasteiger partial charge < -0.3 is 15.1 Å². The lowest BCUT2D eigenvalue weighted by Gasteiger charge is -2.47. The Balaban J connectivity index is 1.32. The van der Waals surface area contributed by atoms with Crippen molar-refractivity contribution in [3.8, 4) is 0 Å². The highest BCUT2D eigenvalue weighted by molar-refractivity contribution is 5.85. The Labute approximate surface area is 222 Å². The van der Waals surface area contributed by atoms with Gasteiger partial charge in [0, 0.05) is 25.4 Å². The van der Waals surface area contributed by atoms with Crippen molar-refractivity contribution in [3.05, 3.63) is 143 Å². The zero-order valence-corrected chi connectivity index (χ0v) is 21.0. The van der Waals surface area contributed by atoms with E-state index in [0.717, 1.165) is 11.1 Å². The number of allylic oxidation sites excluding steroid dienone is 1. The number of hydrogen-bond donors (Lipinski definition) is 2. The van der Waals surface area contributed by atoms with Gasteiger partial charge in [-0.3, -0.25) is 9.69 Å². The number of fused-ring (bicyclic) bond motifs is 1. The quantitative estimate of drug-likeness (QED) is 0.532. The van der Waals surface area contributed by atoms with Crippen LogP contribution in [0.15, 0.2) is 127 Å². The van der Waals surface area contributed by atoms with E-state index in [1.165, 1.54) is 11.1 Å². The number of hydrogen-bond acceptors (Lipinski definition) is 4. The van der Waals surface area contributed by atoms with Gasteiger partial charge in [0.15, 0.2) is 0 Å². The van der Waals surface area contributed by atoms with Crippen LogP contribution in [-0.2, 0) is 10.3 Å². The second-order valence-corrected chi connectivity index (χ2v) is 10.9. The van der Waals surface area contributed by atoms with E-state index < -0.39 is 17.2 Å². The van der Waals surface area contributed by atoms with Crippen molar-refractivity contribution in [1.82, 2.24) is 9.80 Å². The van der Waals surface area contributed by atoms with Gasteiger partial charge in [-0.25, -0.2) is 0 Å². The third-order valence-electron chi connectivity index (χ3n) is 8.85. The van der Waals surface area contributed by atoms with Crippen LogP contribution in [0.5, 0.6) is 0 Å². The number of nitrogens with zero attached hydrogens (tertiary/aromatic N) is 2. The maximum atomic E-state index is 14.2. The van der Waals surface area contributed by atoms with Crippen molar-refractivity contribution in [3.63, 3.8) is 0 Å². The SMILES string of the molecule is O=C1[C@@H]2CC3(O)/C=C(O)\C=C/C4=CC3(c3ccccc3)N2[C@H]4CN1CC(c1ccccc1)c1ccccc1. The van der Waals surface area contributed by atoms with E-state index in [-0.39, 0.29) is 30.0 Å². The summed E-state index contributed by atoms with van der Waals surface area (Å²) >= 11 is 0. The number of carbonyl (C=O) groups excluding carboxylic acids is 1.